The van der Waals surface area contributed by atoms with Crippen molar-refractivity contribution in [2.75, 3.05) is 11.9 Å². The summed E-state index contributed by atoms with van der Waals surface area (Å²) in [6.45, 7) is 5.92. The third kappa shape index (κ3) is 3.02. The number of pyridine rings is 1. The summed E-state index contributed by atoms with van der Waals surface area (Å²) in [5.74, 6) is -0.249. The fourth-order valence-electron chi connectivity index (χ4n) is 1.99. The number of carbonyl (C=O) groups excluding carboxylic acids is 1. The summed E-state index contributed by atoms with van der Waals surface area (Å²) >= 11 is 0. The number of nitrogens with one attached hydrogen (secondary N) is 1. The summed E-state index contributed by atoms with van der Waals surface area (Å²) in [4.78, 5) is 16.1. The lowest BCUT2D eigenvalue weighted by Gasteiger charge is -2.16. The zero-order valence-corrected chi connectivity index (χ0v) is 11.4. The van der Waals surface area contributed by atoms with Crippen molar-refractivity contribution >= 4 is 22.6 Å². The van der Waals surface area contributed by atoms with Crippen LogP contribution in [0.2, 0.25) is 0 Å². The molecule has 0 aliphatic rings. The molecule has 0 saturated heterocycles. The van der Waals surface area contributed by atoms with Gasteiger partial charge in [-0.2, -0.15) is 0 Å². The van der Waals surface area contributed by atoms with E-state index in [1.54, 1.807) is 13.8 Å². The van der Waals surface area contributed by atoms with Crippen molar-refractivity contribution in [1.29, 1.82) is 0 Å². The van der Waals surface area contributed by atoms with Gasteiger partial charge in [0.1, 0.15) is 6.04 Å². The normalized spacial score (nSPS) is 12.2. The van der Waals surface area contributed by atoms with Crippen LogP contribution in [0.1, 0.15) is 19.5 Å². The standard InChI is InChI=1S/C15H18N2O2/c1-4-19-15(18)11(3)17-14-9-10(2)16-13-8-6-5-7-12(13)14/h5-9,11H,4H2,1-3H3,(H,16,17). The topological polar surface area (TPSA) is 51.2 Å². The lowest BCUT2D eigenvalue weighted by Crippen LogP contribution is -2.28. The Morgan fingerprint density at radius 2 is 2.16 bits per heavy atom. The average Bonchev–Trinajstić information content (AvgIpc) is 2.38. The molecule has 4 heteroatoms. The van der Waals surface area contributed by atoms with Crippen LogP contribution in [0.25, 0.3) is 10.9 Å². The molecule has 0 aliphatic carbocycles. The van der Waals surface area contributed by atoms with E-state index in [1.807, 2.05) is 37.3 Å². The second kappa shape index (κ2) is 5.69. The van der Waals surface area contributed by atoms with Crippen LogP contribution in [-0.2, 0) is 9.53 Å². The Morgan fingerprint density at radius 1 is 1.42 bits per heavy atom. The van der Waals surface area contributed by atoms with Crippen LogP contribution in [0.5, 0.6) is 0 Å². The molecule has 0 aliphatic heterocycles. The number of carbonyl (C=O) groups is 1. The van der Waals surface area contributed by atoms with Crippen molar-refractivity contribution in [3.05, 3.63) is 36.0 Å². The third-order valence-electron chi connectivity index (χ3n) is 2.86. The van der Waals surface area contributed by atoms with Crippen LogP contribution in [0.3, 0.4) is 0 Å². The van der Waals surface area contributed by atoms with Gasteiger partial charge in [-0.1, -0.05) is 18.2 Å². The molecule has 1 atom stereocenters. The number of hydrogen-bond donors (Lipinski definition) is 1. The van der Waals surface area contributed by atoms with Crippen molar-refractivity contribution in [3.8, 4) is 0 Å². The number of hydrogen-bond acceptors (Lipinski definition) is 4. The van der Waals surface area contributed by atoms with E-state index in [1.165, 1.54) is 0 Å². The first-order valence-electron chi connectivity index (χ1n) is 6.41. The summed E-state index contributed by atoms with van der Waals surface area (Å²) < 4.78 is 5.00. The minimum Gasteiger partial charge on any atom is -0.464 e. The summed E-state index contributed by atoms with van der Waals surface area (Å²) in [7, 11) is 0. The number of nitrogens with zero attached hydrogens (tertiary/aromatic N) is 1. The fraction of sp³-hybridized carbons (Fsp3) is 0.333. The Labute approximate surface area is 112 Å². The molecular formula is C15H18N2O2. The number of esters is 1. The maximum absolute atomic E-state index is 11.7. The van der Waals surface area contributed by atoms with Crippen molar-refractivity contribution in [1.82, 2.24) is 4.98 Å². The Bertz CT molecular complexity index is 596. The zero-order chi connectivity index (χ0) is 13.8. The predicted molar refractivity (Wildman–Crippen MR) is 76.2 cm³/mol. The fourth-order valence-corrected chi connectivity index (χ4v) is 1.99. The Kier molecular flexibility index (Phi) is 4.00. The molecule has 2 aromatic rings. The molecule has 1 unspecified atom stereocenters. The molecule has 19 heavy (non-hydrogen) atoms. The number of para-hydroxylation sites is 1. The molecule has 0 bridgehead atoms. The van der Waals surface area contributed by atoms with E-state index in [9.17, 15) is 4.79 Å². The van der Waals surface area contributed by atoms with Crippen LogP contribution in [0.4, 0.5) is 5.69 Å². The monoisotopic (exact) mass is 258 g/mol. The van der Waals surface area contributed by atoms with Gasteiger partial charge in [0.25, 0.3) is 0 Å². The molecule has 1 aromatic heterocycles. The van der Waals surface area contributed by atoms with Crippen molar-refractivity contribution in [3.63, 3.8) is 0 Å². The van der Waals surface area contributed by atoms with Gasteiger partial charge in [0.2, 0.25) is 0 Å². The quantitative estimate of drug-likeness (QED) is 0.857. The first-order chi connectivity index (χ1) is 9.11. The largest absolute Gasteiger partial charge is 0.464 e. The van der Waals surface area contributed by atoms with Crippen LogP contribution in [0, 0.1) is 6.92 Å². The number of anilines is 1. The molecule has 1 N–H and O–H groups in total. The molecule has 0 amide bonds. The molecule has 0 radical (unpaired) electrons. The number of aryl methyl sites for hydroxylation is 1. The van der Waals surface area contributed by atoms with E-state index in [0.29, 0.717) is 6.61 Å². The third-order valence-corrected chi connectivity index (χ3v) is 2.86. The van der Waals surface area contributed by atoms with Gasteiger partial charge in [-0.25, -0.2) is 4.79 Å². The second-order valence-electron chi connectivity index (χ2n) is 4.45. The zero-order valence-electron chi connectivity index (χ0n) is 11.4. The van der Waals surface area contributed by atoms with Gasteiger partial charge in [0.05, 0.1) is 12.1 Å². The average molecular weight is 258 g/mol. The summed E-state index contributed by atoms with van der Waals surface area (Å²) in [6.07, 6.45) is 0. The van der Waals surface area contributed by atoms with E-state index in [-0.39, 0.29) is 12.0 Å². The summed E-state index contributed by atoms with van der Waals surface area (Å²) in [5.41, 5.74) is 2.74. The highest BCUT2D eigenvalue weighted by molar-refractivity contribution is 5.93. The van der Waals surface area contributed by atoms with Gasteiger partial charge >= 0.3 is 5.97 Å². The smallest absolute Gasteiger partial charge is 0.328 e. The molecule has 0 spiro atoms. The van der Waals surface area contributed by atoms with Crippen molar-refractivity contribution in [2.24, 2.45) is 0 Å². The van der Waals surface area contributed by atoms with Crippen molar-refractivity contribution in [2.45, 2.75) is 26.8 Å². The number of ether oxygens (including phenoxy) is 1. The van der Waals surface area contributed by atoms with Crippen LogP contribution < -0.4 is 5.32 Å². The second-order valence-corrected chi connectivity index (χ2v) is 4.45. The highest BCUT2D eigenvalue weighted by atomic mass is 16.5. The first kappa shape index (κ1) is 13.3. The van der Waals surface area contributed by atoms with Gasteiger partial charge < -0.3 is 10.1 Å². The Hall–Kier alpha value is -2.10. The van der Waals surface area contributed by atoms with Crippen LogP contribution in [0.15, 0.2) is 30.3 Å². The van der Waals surface area contributed by atoms with E-state index >= 15 is 0 Å². The predicted octanol–water partition coefficient (Wildman–Crippen LogP) is 2.91. The first-order valence-corrected chi connectivity index (χ1v) is 6.41. The van der Waals surface area contributed by atoms with Crippen LogP contribution >= 0.6 is 0 Å². The molecule has 1 heterocycles. The molecule has 1 aromatic carbocycles. The number of fused-ring (bicyclic) bond motifs is 1. The molecule has 4 nitrogen and oxygen atoms in total. The van der Waals surface area contributed by atoms with Gasteiger partial charge in [-0.3, -0.25) is 4.98 Å². The van der Waals surface area contributed by atoms with Gasteiger partial charge in [0.15, 0.2) is 0 Å². The number of benzene rings is 1. The lowest BCUT2D eigenvalue weighted by molar-refractivity contribution is -0.143. The molecule has 2 rings (SSSR count). The number of aromatic nitrogens is 1. The maximum atomic E-state index is 11.7. The van der Waals surface area contributed by atoms with Gasteiger partial charge in [-0.05, 0) is 32.9 Å². The molecular weight excluding hydrogens is 240 g/mol. The van der Waals surface area contributed by atoms with Crippen molar-refractivity contribution < 1.29 is 9.53 Å². The Balaban J connectivity index is 2.32. The highest BCUT2D eigenvalue weighted by Crippen LogP contribution is 2.23. The SMILES string of the molecule is CCOC(=O)C(C)Nc1cc(C)nc2ccccc12. The van der Waals surface area contributed by atoms with Gasteiger partial charge in [0, 0.05) is 16.8 Å². The van der Waals surface area contributed by atoms with E-state index in [2.05, 4.69) is 10.3 Å². The lowest BCUT2D eigenvalue weighted by atomic mass is 10.1. The van der Waals surface area contributed by atoms with E-state index < -0.39 is 0 Å². The van der Waals surface area contributed by atoms with Crippen LogP contribution in [-0.4, -0.2) is 23.6 Å². The number of rotatable bonds is 4. The molecule has 0 fully saturated rings. The summed E-state index contributed by atoms with van der Waals surface area (Å²) in [5, 5.41) is 4.20. The van der Waals surface area contributed by atoms with E-state index in [0.717, 1.165) is 22.3 Å². The minimum absolute atomic E-state index is 0.249. The van der Waals surface area contributed by atoms with Gasteiger partial charge in [-0.15, -0.1) is 0 Å². The maximum Gasteiger partial charge on any atom is 0.328 e. The highest BCUT2D eigenvalue weighted by Gasteiger charge is 2.15. The summed E-state index contributed by atoms with van der Waals surface area (Å²) in [6, 6.07) is 9.42. The molecule has 0 saturated carbocycles. The molecule has 100 valence electrons. The Morgan fingerprint density at radius 3 is 2.89 bits per heavy atom. The van der Waals surface area contributed by atoms with E-state index in [4.69, 9.17) is 4.74 Å². The minimum atomic E-state index is -0.384.